The number of amides is 2. The van der Waals surface area contributed by atoms with Crippen molar-refractivity contribution >= 4 is 6.03 Å². The summed E-state index contributed by atoms with van der Waals surface area (Å²) in [7, 11) is 0. The molecule has 1 heterocycles. The van der Waals surface area contributed by atoms with Crippen LogP contribution in [0.1, 0.15) is 20.3 Å². The molecule has 0 aromatic heterocycles. The molecule has 4 heteroatoms. The number of hydrogen-bond donors (Lipinski definition) is 1. The van der Waals surface area contributed by atoms with Gasteiger partial charge in [-0.3, -0.25) is 0 Å². The van der Waals surface area contributed by atoms with Crippen LogP contribution in [0.15, 0.2) is 30.3 Å². The number of rotatable bonds is 4. The van der Waals surface area contributed by atoms with Crippen molar-refractivity contribution in [2.45, 2.75) is 20.3 Å². The molecule has 1 aliphatic heterocycles. The maximum absolute atomic E-state index is 12.1. The van der Waals surface area contributed by atoms with Crippen LogP contribution in [0.25, 0.3) is 0 Å². The van der Waals surface area contributed by atoms with Crippen LogP contribution in [0.2, 0.25) is 0 Å². The van der Waals surface area contributed by atoms with Gasteiger partial charge in [0.2, 0.25) is 0 Å². The Balaban J connectivity index is 1.67. The summed E-state index contributed by atoms with van der Waals surface area (Å²) in [4.78, 5) is 14.0. The summed E-state index contributed by atoms with van der Waals surface area (Å²) in [6.45, 7) is 7.15. The van der Waals surface area contributed by atoms with Gasteiger partial charge in [0.25, 0.3) is 0 Å². The van der Waals surface area contributed by atoms with E-state index in [0.717, 1.165) is 18.8 Å². The number of benzene rings is 1. The minimum absolute atomic E-state index is 0.0278. The molecule has 4 nitrogen and oxygen atoms in total. The van der Waals surface area contributed by atoms with Crippen LogP contribution in [0.3, 0.4) is 0 Å². The minimum atomic E-state index is 0.0278. The number of carbonyl (C=O) groups is 1. The van der Waals surface area contributed by atoms with Gasteiger partial charge in [0.15, 0.2) is 0 Å². The van der Waals surface area contributed by atoms with E-state index in [1.54, 1.807) is 0 Å². The van der Waals surface area contributed by atoms with Crippen LogP contribution in [-0.4, -0.2) is 37.2 Å². The van der Waals surface area contributed by atoms with Crippen molar-refractivity contribution in [2.24, 2.45) is 11.8 Å². The first-order chi connectivity index (χ1) is 9.65. The lowest BCUT2D eigenvalue weighted by atomic mass is 9.92. The number of nitrogens with zero attached hydrogens (tertiary/aromatic N) is 1. The molecule has 2 rings (SSSR count). The molecule has 1 aliphatic rings. The summed E-state index contributed by atoms with van der Waals surface area (Å²) in [6, 6.07) is 9.67. The van der Waals surface area contributed by atoms with Gasteiger partial charge in [-0.05, 0) is 30.4 Å². The summed E-state index contributed by atoms with van der Waals surface area (Å²) in [6.07, 6.45) is 1.21. The third kappa shape index (κ3) is 4.44. The van der Waals surface area contributed by atoms with Crippen molar-refractivity contribution in [1.82, 2.24) is 10.2 Å². The fourth-order valence-electron chi connectivity index (χ4n) is 2.78. The lowest BCUT2D eigenvalue weighted by Crippen LogP contribution is -2.48. The zero-order chi connectivity index (χ0) is 14.4. The molecule has 0 saturated carbocycles. The average Bonchev–Trinajstić information content (AvgIpc) is 2.43. The van der Waals surface area contributed by atoms with Crippen molar-refractivity contribution in [3.05, 3.63) is 30.3 Å². The van der Waals surface area contributed by atoms with E-state index in [4.69, 9.17) is 4.74 Å². The molecule has 110 valence electrons. The van der Waals surface area contributed by atoms with Crippen LogP contribution in [0.4, 0.5) is 4.79 Å². The molecule has 1 fully saturated rings. The number of nitrogens with one attached hydrogen (secondary N) is 1. The van der Waals surface area contributed by atoms with Crippen LogP contribution >= 0.6 is 0 Å². The first-order valence-corrected chi connectivity index (χ1v) is 7.35. The fraction of sp³-hybridized carbons (Fsp3) is 0.562. The molecular formula is C16H24N2O2. The summed E-state index contributed by atoms with van der Waals surface area (Å²) < 4.78 is 5.55. The highest BCUT2D eigenvalue weighted by molar-refractivity contribution is 5.74. The zero-order valence-corrected chi connectivity index (χ0v) is 12.3. The van der Waals surface area contributed by atoms with Gasteiger partial charge in [-0.25, -0.2) is 4.79 Å². The highest BCUT2D eigenvalue weighted by atomic mass is 16.5. The fourth-order valence-corrected chi connectivity index (χ4v) is 2.78. The molecule has 2 atom stereocenters. The van der Waals surface area contributed by atoms with E-state index in [-0.39, 0.29) is 6.03 Å². The quantitative estimate of drug-likeness (QED) is 0.859. The van der Waals surface area contributed by atoms with E-state index < -0.39 is 0 Å². The minimum Gasteiger partial charge on any atom is -0.492 e. The normalized spacial score (nSPS) is 22.4. The molecule has 0 bridgehead atoms. The van der Waals surface area contributed by atoms with Gasteiger partial charge in [-0.15, -0.1) is 0 Å². The van der Waals surface area contributed by atoms with Gasteiger partial charge in [-0.1, -0.05) is 32.0 Å². The lowest BCUT2D eigenvalue weighted by molar-refractivity contribution is 0.145. The molecule has 2 unspecified atom stereocenters. The lowest BCUT2D eigenvalue weighted by Gasteiger charge is -2.34. The van der Waals surface area contributed by atoms with E-state index in [0.29, 0.717) is 25.0 Å². The third-order valence-electron chi connectivity index (χ3n) is 3.55. The Morgan fingerprint density at radius 3 is 2.55 bits per heavy atom. The molecule has 20 heavy (non-hydrogen) atoms. The highest BCUT2D eigenvalue weighted by Gasteiger charge is 2.24. The van der Waals surface area contributed by atoms with Gasteiger partial charge in [-0.2, -0.15) is 0 Å². The van der Waals surface area contributed by atoms with E-state index in [9.17, 15) is 4.79 Å². The van der Waals surface area contributed by atoms with Crippen LogP contribution in [0, 0.1) is 11.8 Å². The second-order valence-electron chi connectivity index (χ2n) is 5.74. The molecule has 2 amide bonds. The summed E-state index contributed by atoms with van der Waals surface area (Å²) in [5.74, 6) is 2.01. The van der Waals surface area contributed by atoms with E-state index in [2.05, 4.69) is 19.2 Å². The van der Waals surface area contributed by atoms with E-state index in [1.165, 1.54) is 6.42 Å². The van der Waals surface area contributed by atoms with Gasteiger partial charge < -0.3 is 15.0 Å². The number of likely N-dealkylation sites (tertiary alicyclic amines) is 1. The van der Waals surface area contributed by atoms with Crippen molar-refractivity contribution in [1.29, 1.82) is 0 Å². The topological polar surface area (TPSA) is 41.6 Å². The van der Waals surface area contributed by atoms with Gasteiger partial charge in [0.05, 0.1) is 6.54 Å². The van der Waals surface area contributed by atoms with Crippen LogP contribution < -0.4 is 10.1 Å². The van der Waals surface area contributed by atoms with Crippen LogP contribution in [0.5, 0.6) is 5.75 Å². The molecule has 1 aromatic rings. The zero-order valence-electron chi connectivity index (χ0n) is 12.3. The molecule has 0 spiro atoms. The number of para-hydroxylation sites is 1. The van der Waals surface area contributed by atoms with E-state index in [1.807, 2.05) is 35.2 Å². The molecule has 1 saturated heterocycles. The van der Waals surface area contributed by atoms with E-state index >= 15 is 0 Å². The van der Waals surface area contributed by atoms with Crippen molar-refractivity contribution in [2.75, 3.05) is 26.2 Å². The highest BCUT2D eigenvalue weighted by Crippen LogP contribution is 2.20. The number of urea groups is 1. The van der Waals surface area contributed by atoms with Crippen molar-refractivity contribution in [3.8, 4) is 5.75 Å². The van der Waals surface area contributed by atoms with Gasteiger partial charge in [0, 0.05) is 13.1 Å². The number of ether oxygens (including phenoxy) is 1. The molecule has 1 aromatic carbocycles. The maximum Gasteiger partial charge on any atom is 0.317 e. The van der Waals surface area contributed by atoms with Gasteiger partial charge >= 0.3 is 6.03 Å². The second kappa shape index (κ2) is 7.17. The Morgan fingerprint density at radius 2 is 1.90 bits per heavy atom. The predicted molar refractivity (Wildman–Crippen MR) is 79.9 cm³/mol. The smallest absolute Gasteiger partial charge is 0.317 e. The predicted octanol–water partition coefficient (Wildman–Crippen LogP) is 2.75. The SMILES string of the molecule is CC1CC(C)CN(C(=O)NCCOc2ccccc2)C1. The summed E-state index contributed by atoms with van der Waals surface area (Å²) in [5.41, 5.74) is 0. The van der Waals surface area contributed by atoms with Crippen molar-refractivity contribution in [3.63, 3.8) is 0 Å². The Kier molecular flexibility index (Phi) is 5.27. The van der Waals surface area contributed by atoms with Crippen molar-refractivity contribution < 1.29 is 9.53 Å². The average molecular weight is 276 g/mol. The molecule has 0 radical (unpaired) electrons. The molecule has 1 N–H and O–H groups in total. The Labute approximate surface area is 121 Å². The third-order valence-corrected chi connectivity index (χ3v) is 3.55. The standard InChI is InChI=1S/C16H24N2O2/c1-13-10-14(2)12-18(11-13)16(19)17-8-9-20-15-6-4-3-5-7-15/h3-7,13-14H,8-12H2,1-2H3,(H,17,19). The first-order valence-electron chi connectivity index (χ1n) is 7.35. The Morgan fingerprint density at radius 1 is 1.25 bits per heavy atom. The van der Waals surface area contributed by atoms with Gasteiger partial charge in [0.1, 0.15) is 12.4 Å². The monoisotopic (exact) mass is 276 g/mol. The maximum atomic E-state index is 12.1. The summed E-state index contributed by atoms with van der Waals surface area (Å²) >= 11 is 0. The first kappa shape index (κ1) is 14.7. The van der Waals surface area contributed by atoms with Crippen LogP contribution in [-0.2, 0) is 0 Å². The molecule has 0 aliphatic carbocycles. The second-order valence-corrected chi connectivity index (χ2v) is 5.74. The Hall–Kier alpha value is -1.71. The molecular weight excluding hydrogens is 252 g/mol. The number of piperidine rings is 1. The largest absolute Gasteiger partial charge is 0.492 e. The number of hydrogen-bond acceptors (Lipinski definition) is 2. The summed E-state index contributed by atoms with van der Waals surface area (Å²) in [5, 5.41) is 2.93. The Bertz CT molecular complexity index is 412. The number of carbonyl (C=O) groups excluding carboxylic acids is 1.